The zero-order valence-electron chi connectivity index (χ0n) is 37.8. The molecule has 2 heterocycles. The van der Waals surface area contributed by atoms with Crippen LogP contribution in [0.1, 0.15) is 80.9 Å². The fourth-order valence-corrected chi connectivity index (χ4v) is 9.75. The summed E-state index contributed by atoms with van der Waals surface area (Å²) >= 11 is 0. The van der Waals surface area contributed by atoms with Gasteiger partial charge in [-0.25, -0.2) is 9.59 Å². The van der Waals surface area contributed by atoms with Gasteiger partial charge in [0.25, 0.3) is 5.69 Å². The summed E-state index contributed by atoms with van der Waals surface area (Å²) in [5, 5.41) is 38.9. The predicted molar refractivity (Wildman–Crippen MR) is 247 cm³/mol. The van der Waals surface area contributed by atoms with Gasteiger partial charge >= 0.3 is 12.2 Å². The van der Waals surface area contributed by atoms with Gasteiger partial charge in [-0.1, -0.05) is 42.3 Å². The Morgan fingerprint density at radius 1 is 0.970 bits per heavy atom. The van der Waals surface area contributed by atoms with Gasteiger partial charge in [0, 0.05) is 56.3 Å². The van der Waals surface area contributed by atoms with E-state index in [2.05, 4.69) is 24.6 Å². The van der Waals surface area contributed by atoms with Gasteiger partial charge in [0.2, 0.25) is 12.6 Å². The van der Waals surface area contributed by atoms with Crippen LogP contribution in [0.5, 0.6) is 23.0 Å². The maximum atomic E-state index is 14.8. The van der Waals surface area contributed by atoms with Gasteiger partial charge in [-0.2, -0.15) is 0 Å². The van der Waals surface area contributed by atoms with Crippen molar-refractivity contribution < 1.29 is 58.0 Å². The first kappa shape index (κ1) is 48.5. The van der Waals surface area contributed by atoms with Gasteiger partial charge in [0.1, 0.15) is 24.1 Å². The molecule has 3 aromatic rings. The van der Waals surface area contributed by atoms with Crippen LogP contribution in [0, 0.1) is 27.9 Å². The third-order valence-corrected chi connectivity index (χ3v) is 12.7. The van der Waals surface area contributed by atoms with Crippen molar-refractivity contribution in [3.63, 3.8) is 0 Å². The fourth-order valence-electron chi connectivity index (χ4n) is 9.75. The van der Waals surface area contributed by atoms with Gasteiger partial charge in [0.05, 0.1) is 29.8 Å². The Hall–Kier alpha value is -6.43. The molecule has 1 saturated carbocycles. The van der Waals surface area contributed by atoms with E-state index in [0.717, 1.165) is 24.0 Å². The topological polar surface area (TPSA) is 210 Å². The van der Waals surface area contributed by atoms with Crippen LogP contribution >= 0.6 is 0 Å². The molecule has 0 radical (unpaired) electrons. The lowest BCUT2D eigenvalue weighted by atomic mass is 9.55. The quantitative estimate of drug-likeness (QED) is 0.0353. The lowest BCUT2D eigenvalue weighted by Crippen LogP contribution is -2.70. The average molecular weight is 925 g/mol. The molecule has 17 heteroatoms. The molecule has 0 bridgehead atoms. The zero-order valence-corrected chi connectivity index (χ0v) is 37.8. The summed E-state index contributed by atoms with van der Waals surface area (Å²) in [5.41, 5.74) is 3.38. The van der Waals surface area contributed by atoms with E-state index in [1.54, 1.807) is 54.3 Å². The zero-order chi connectivity index (χ0) is 47.3. The second kappa shape index (κ2) is 22.8. The molecule has 0 saturated heterocycles. The van der Waals surface area contributed by atoms with Gasteiger partial charge in [-0.3, -0.25) is 15.0 Å². The number of hydrogen-bond donors (Lipinski definition) is 3. The number of aliphatic hydroxyl groups is 2. The van der Waals surface area contributed by atoms with E-state index in [-0.39, 0.29) is 70.3 Å². The van der Waals surface area contributed by atoms with Crippen LogP contribution in [0.4, 0.5) is 15.3 Å². The minimum atomic E-state index is -1.61. The summed E-state index contributed by atoms with van der Waals surface area (Å²) in [7, 11) is 0. The van der Waals surface area contributed by atoms with Gasteiger partial charge < -0.3 is 48.8 Å². The van der Waals surface area contributed by atoms with Crippen molar-refractivity contribution in [2.24, 2.45) is 22.9 Å². The highest BCUT2D eigenvalue weighted by Gasteiger charge is 2.65. The van der Waals surface area contributed by atoms with Gasteiger partial charge in [0.15, 0.2) is 11.5 Å². The molecule has 0 aromatic heterocycles. The smallest absolute Gasteiger partial charge is 0.412 e. The SMILES string of the molecule is C=CCCOC(=O)N(Cc1ccc2c(c1)OCO2)[C@H]1CC(=NOCc2ccc([N+](=O)[O-])cc2)C2=C[C@H](CCCCO)[C@@H](CCCCO)[C@@H]3c4cc(OC(=O)NCC)ccc4O[C@@]1(OCC=C)[C@H]23. The molecular weight excluding hydrogens is 865 g/mol. The third kappa shape index (κ3) is 11.1. The lowest BCUT2D eigenvalue weighted by molar-refractivity contribution is -0.384. The molecule has 6 atom stereocenters. The number of carbonyl (C=O) groups excluding carboxylic acids is 2. The first-order valence-electron chi connectivity index (χ1n) is 23.0. The monoisotopic (exact) mass is 924 g/mol. The number of nitrogens with zero attached hydrogens (tertiary/aromatic N) is 3. The van der Waals surface area contributed by atoms with E-state index in [0.29, 0.717) is 78.5 Å². The van der Waals surface area contributed by atoms with Crippen LogP contribution < -0.4 is 24.3 Å². The minimum Gasteiger partial charge on any atom is -0.459 e. The van der Waals surface area contributed by atoms with Crippen LogP contribution in [-0.2, 0) is 27.5 Å². The highest BCUT2D eigenvalue weighted by Crippen LogP contribution is 2.62. The highest BCUT2D eigenvalue weighted by atomic mass is 16.7. The van der Waals surface area contributed by atoms with Crippen molar-refractivity contribution in [1.29, 1.82) is 0 Å². The number of amides is 2. The second-order valence-corrected chi connectivity index (χ2v) is 16.9. The molecule has 2 aliphatic carbocycles. The highest BCUT2D eigenvalue weighted by molar-refractivity contribution is 6.03. The number of nitro groups is 1. The van der Waals surface area contributed by atoms with E-state index in [1.807, 2.05) is 18.2 Å². The number of fused-ring (bicyclic) bond motifs is 3. The van der Waals surface area contributed by atoms with E-state index in [9.17, 15) is 29.9 Å². The minimum absolute atomic E-state index is 0.0142. The first-order chi connectivity index (χ1) is 32.6. The number of nitro benzene ring substituents is 1. The van der Waals surface area contributed by atoms with E-state index in [4.69, 9.17) is 38.4 Å². The summed E-state index contributed by atoms with van der Waals surface area (Å²) in [6.45, 7) is 10.2. The largest absolute Gasteiger partial charge is 0.459 e. The molecule has 2 amide bonds. The second-order valence-electron chi connectivity index (χ2n) is 16.9. The molecule has 67 heavy (non-hydrogen) atoms. The predicted octanol–water partition coefficient (Wildman–Crippen LogP) is 8.48. The van der Waals surface area contributed by atoms with E-state index in [1.165, 1.54) is 12.1 Å². The molecule has 7 rings (SSSR count). The van der Waals surface area contributed by atoms with Crippen LogP contribution in [0.25, 0.3) is 0 Å². The number of carbonyl (C=O) groups is 2. The van der Waals surface area contributed by atoms with Crippen LogP contribution in [-0.4, -0.2) is 89.5 Å². The number of rotatable bonds is 23. The maximum Gasteiger partial charge on any atom is 0.412 e. The normalized spacial score (nSPS) is 22.6. The Kier molecular flexibility index (Phi) is 16.5. The molecule has 0 spiro atoms. The Morgan fingerprint density at radius 3 is 2.45 bits per heavy atom. The number of unbranched alkanes of at least 4 members (excludes halogenated alkanes) is 2. The Bertz CT molecular complexity index is 2300. The lowest BCUT2D eigenvalue weighted by Gasteiger charge is -2.59. The van der Waals surface area contributed by atoms with Gasteiger partial charge in [-0.05, 0) is 110 Å². The Morgan fingerprint density at radius 2 is 1.72 bits per heavy atom. The molecule has 4 aliphatic rings. The summed E-state index contributed by atoms with van der Waals surface area (Å²) in [5.74, 6) is -0.976. The number of non-ortho nitro benzene ring substituents is 1. The first-order valence-corrected chi connectivity index (χ1v) is 23.0. The maximum absolute atomic E-state index is 14.8. The van der Waals surface area contributed by atoms with Crippen LogP contribution in [0.15, 0.2) is 103 Å². The van der Waals surface area contributed by atoms with Gasteiger partial charge in [-0.15, -0.1) is 13.2 Å². The summed E-state index contributed by atoms with van der Waals surface area (Å²) in [6.07, 6.45) is 8.74. The molecule has 0 unspecified atom stereocenters. The Balaban J connectivity index is 1.44. The number of benzene rings is 3. The van der Waals surface area contributed by atoms with Crippen molar-refractivity contribution in [2.75, 3.05) is 39.8 Å². The van der Waals surface area contributed by atoms with Crippen molar-refractivity contribution >= 4 is 23.6 Å². The van der Waals surface area contributed by atoms with Crippen molar-refractivity contribution in [1.82, 2.24) is 10.2 Å². The Labute approximate surface area is 390 Å². The molecule has 3 N–H and O–H groups in total. The summed E-state index contributed by atoms with van der Waals surface area (Å²) in [6, 6.07) is 15.8. The van der Waals surface area contributed by atoms with E-state index < -0.39 is 40.8 Å². The fraction of sp³-hybridized carbons (Fsp3) is 0.460. The van der Waals surface area contributed by atoms with Crippen molar-refractivity contribution in [3.8, 4) is 23.0 Å². The standard InChI is InChI=1S/C50H60N4O13/c1-4-7-25-61-49(58)53(30-34-16-20-43-44(26-34)63-32-62-43)45-29-41(52-65-31-33-14-17-36(18-15-33)54(59)60)39-27-35(12-8-10-22-55)38(13-9-11-23-56)46-40-28-37(66-48(57)51-6-3)19-21-42(40)67-50(45,47(39)46)64-24-5-2/h4-5,14-21,26-28,35,38,45-47,55-56H,1-2,6-13,22-25,29-32H2,3H3,(H,51,57)/t35-,38+,45-,46+,47+,50+/m0/s1. The molecule has 2 aliphatic heterocycles. The van der Waals surface area contributed by atoms with Crippen molar-refractivity contribution in [2.45, 2.75) is 89.2 Å². The van der Waals surface area contributed by atoms with E-state index >= 15 is 0 Å². The van der Waals surface area contributed by atoms with Crippen molar-refractivity contribution in [3.05, 3.63) is 124 Å². The summed E-state index contributed by atoms with van der Waals surface area (Å²) < 4.78 is 37.5. The van der Waals surface area contributed by atoms with Crippen LogP contribution in [0.2, 0.25) is 0 Å². The number of allylic oxidation sites excluding steroid dienone is 1. The third-order valence-electron chi connectivity index (χ3n) is 12.7. The molecule has 3 aromatic carbocycles. The number of aliphatic hydroxyl groups excluding tert-OH is 2. The molecule has 358 valence electrons. The summed E-state index contributed by atoms with van der Waals surface area (Å²) in [4.78, 5) is 46.3. The number of nitrogens with one attached hydrogen (secondary N) is 1. The molecular formula is C50H60N4O13. The number of ether oxygens (including phenoxy) is 6. The number of oxime groups is 1. The molecule has 1 fully saturated rings. The average Bonchev–Trinajstić information content (AvgIpc) is 3.80. The number of hydrogen-bond acceptors (Lipinski definition) is 14. The molecule has 17 nitrogen and oxygen atoms in total. The van der Waals surface area contributed by atoms with Crippen LogP contribution in [0.3, 0.4) is 0 Å².